The summed E-state index contributed by atoms with van der Waals surface area (Å²) in [6.45, 7) is 4.89. The molecule has 0 saturated carbocycles. The van der Waals surface area contributed by atoms with Crippen LogP contribution >= 0.6 is 11.6 Å². The van der Waals surface area contributed by atoms with E-state index in [9.17, 15) is 0 Å². The van der Waals surface area contributed by atoms with Crippen LogP contribution in [0.1, 0.15) is 12.5 Å². The van der Waals surface area contributed by atoms with E-state index in [0.29, 0.717) is 5.02 Å². The molecular weight excluding hydrogens is 234 g/mol. The summed E-state index contributed by atoms with van der Waals surface area (Å²) in [5.74, 6) is 0.873. The number of halogens is 1. The molecule has 1 aromatic carbocycles. The first-order valence-corrected chi connectivity index (χ1v) is 5.91. The van der Waals surface area contributed by atoms with Crippen molar-refractivity contribution in [2.24, 2.45) is 0 Å². The summed E-state index contributed by atoms with van der Waals surface area (Å²) < 4.78 is 0. The van der Waals surface area contributed by atoms with Gasteiger partial charge in [0.2, 0.25) is 0 Å². The number of nitrogens with one attached hydrogen (secondary N) is 1. The minimum Gasteiger partial charge on any atom is -0.370 e. The van der Waals surface area contributed by atoms with Gasteiger partial charge in [0.25, 0.3) is 0 Å². The van der Waals surface area contributed by atoms with Crippen LogP contribution in [0.5, 0.6) is 0 Å². The fourth-order valence-corrected chi connectivity index (χ4v) is 1.91. The average molecular weight is 248 g/mol. The number of rotatable bonds is 3. The molecule has 1 aromatic heterocycles. The summed E-state index contributed by atoms with van der Waals surface area (Å²) in [7, 11) is 0. The van der Waals surface area contributed by atoms with Crippen molar-refractivity contribution in [1.29, 1.82) is 0 Å². The van der Waals surface area contributed by atoms with Gasteiger partial charge >= 0.3 is 0 Å². The Hall–Kier alpha value is -1.61. The molecule has 0 atom stereocenters. The van der Waals surface area contributed by atoms with E-state index in [2.05, 4.69) is 15.3 Å². The van der Waals surface area contributed by atoms with Gasteiger partial charge in [-0.1, -0.05) is 23.7 Å². The van der Waals surface area contributed by atoms with E-state index in [1.807, 2.05) is 38.1 Å². The average Bonchev–Trinajstić information content (AvgIpc) is 2.32. The zero-order valence-corrected chi connectivity index (χ0v) is 10.6. The van der Waals surface area contributed by atoms with Gasteiger partial charge in [-0.25, -0.2) is 9.97 Å². The van der Waals surface area contributed by atoms with Crippen LogP contribution in [0.25, 0.3) is 11.3 Å². The first-order chi connectivity index (χ1) is 8.22. The van der Waals surface area contributed by atoms with E-state index < -0.39 is 0 Å². The molecule has 88 valence electrons. The van der Waals surface area contributed by atoms with E-state index in [1.54, 1.807) is 6.33 Å². The molecule has 0 radical (unpaired) electrons. The highest BCUT2D eigenvalue weighted by Crippen LogP contribution is 2.26. The van der Waals surface area contributed by atoms with Gasteiger partial charge in [-0.3, -0.25) is 0 Å². The quantitative estimate of drug-likeness (QED) is 0.902. The van der Waals surface area contributed by atoms with Crippen molar-refractivity contribution in [1.82, 2.24) is 9.97 Å². The van der Waals surface area contributed by atoms with Crippen LogP contribution in [0.15, 0.2) is 30.6 Å². The van der Waals surface area contributed by atoms with Gasteiger partial charge in [-0.15, -0.1) is 0 Å². The monoisotopic (exact) mass is 247 g/mol. The molecule has 2 rings (SSSR count). The standard InChI is InChI=1S/C13H14ClN3/c1-3-15-13-9(2)12(16-8-17-13)10-5-4-6-11(14)7-10/h4-8H,3H2,1-2H3,(H,15,16,17). The van der Waals surface area contributed by atoms with Crippen LogP contribution in [0.2, 0.25) is 5.02 Å². The number of aromatic nitrogens is 2. The molecule has 0 aliphatic rings. The summed E-state index contributed by atoms with van der Waals surface area (Å²) in [5, 5.41) is 3.93. The van der Waals surface area contributed by atoms with Crippen LogP contribution in [-0.4, -0.2) is 16.5 Å². The zero-order valence-electron chi connectivity index (χ0n) is 9.87. The summed E-state index contributed by atoms with van der Waals surface area (Å²) in [5.41, 5.74) is 2.96. The molecule has 0 saturated heterocycles. The Labute approximate surface area is 106 Å². The Kier molecular flexibility index (Phi) is 3.59. The SMILES string of the molecule is CCNc1ncnc(-c2cccc(Cl)c2)c1C. The van der Waals surface area contributed by atoms with Gasteiger partial charge in [0.1, 0.15) is 12.1 Å². The summed E-state index contributed by atoms with van der Waals surface area (Å²) >= 11 is 5.99. The van der Waals surface area contributed by atoms with Gasteiger partial charge in [0.15, 0.2) is 0 Å². The summed E-state index contributed by atoms with van der Waals surface area (Å²) in [6, 6.07) is 7.68. The lowest BCUT2D eigenvalue weighted by molar-refractivity contribution is 1.09. The molecule has 0 amide bonds. The van der Waals surface area contributed by atoms with Crippen molar-refractivity contribution in [3.8, 4) is 11.3 Å². The van der Waals surface area contributed by atoms with Crippen molar-refractivity contribution >= 4 is 17.4 Å². The molecule has 0 fully saturated rings. The highest BCUT2D eigenvalue weighted by Gasteiger charge is 2.08. The fraction of sp³-hybridized carbons (Fsp3) is 0.231. The maximum Gasteiger partial charge on any atom is 0.132 e. The van der Waals surface area contributed by atoms with Gasteiger partial charge in [0, 0.05) is 22.7 Å². The molecule has 3 nitrogen and oxygen atoms in total. The predicted molar refractivity (Wildman–Crippen MR) is 71.4 cm³/mol. The first-order valence-electron chi connectivity index (χ1n) is 5.53. The Morgan fingerprint density at radius 3 is 2.82 bits per heavy atom. The van der Waals surface area contributed by atoms with E-state index >= 15 is 0 Å². The maximum atomic E-state index is 5.99. The normalized spacial score (nSPS) is 10.3. The third kappa shape index (κ3) is 2.56. The molecule has 0 spiro atoms. The molecule has 0 aliphatic carbocycles. The minimum absolute atomic E-state index is 0.713. The van der Waals surface area contributed by atoms with Crippen LogP contribution < -0.4 is 5.32 Å². The highest BCUT2D eigenvalue weighted by atomic mass is 35.5. The Balaban J connectivity index is 2.49. The zero-order chi connectivity index (χ0) is 12.3. The lowest BCUT2D eigenvalue weighted by Crippen LogP contribution is -2.03. The number of nitrogens with zero attached hydrogens (tertiary/aromatic N) is 2. The summed E-state index contributed by atoms with van der Waals surface area (Å²) in [4.78, 5) is 8.54. The highest BCUT2D eigenvalue weighted by molar-refractivity contribution is 6.30. The largest absolute Gasteiger partial charge is 0.370 e. The molecule has 0 unspecified atom stereocenters. The van der Waals surface area contributed by atoms with Crippen molar-refractivity contribution in [2.75, 3.05) is 11.9 Å². The summed E-state index contributed by atoms with van der Waals surface area (Å²) in [6.07, 6.45) is 1.57. The lowest BCUT2D eigenvalue weighted by Gasteiger charge is -2.10. The topological polar surface area (TPSA) is 37.8 Å². The molecular formula is C13H14ClN3. The van der Waals surface area contributed by atoms with E-state index in [1.165, 1.54) is 0 Å². The Bertz CT molecular complexity index is 526. The van der Waals surface area contributed by atoms with Crippen molar-refractivity contribution in [3.63, 3.8) is 0 Å². The second-order valence-corrected chi connectivity index (χ2v) is 4.17. The van der Waals surface area contributed by atoms with Crippen LogP contribution in [0, 0.1) is 6.92 Å². The van der Waals surface area contributed by atoms with Crippen LogP contribution in [0.4, 0.5) is 5.82 Å². The Morgan fingerprint density at radius 1 is 1.29 bits per heavy atom. The molecule has 4 heteroatoms. The number of hydrogen-bond acceptors (Lipinski definition) is 3. The third-order valence-electron chi connectivity index (χ3n) is 2.53. The van der Waals surface area contributed by atoms with Gasteiger partial charge in [-0.2, -0.15) is 0 Å². The fourth-order valence-electron chi connectivity index (χ4n) is 1.72. The third-order valence-corrected chi connectivity index (χ3v) is 2.76. The molecule has 1 heterocycles. The van der Waals surface area contributed by atoms with Crippen molar-refractivity contribution < 1.29 is 0 Å². The Morgan fingerprint density at radius 2 is 2.12 bits per heavy atom. The van der Waals surface area contributed by atoms with Crippen molar-refractivity contribution in [3.05, 3.63) is 41.2 Å². The lowest BCUT2D eigenvalue weighted by atomic mass is 10.1. The second-order valence-electron chi connectivity index (χ2n) is 3.74. The van der Waals surface area contributed by atoms with E-state index in [4.69, 9.17) is 11.6 Å². The van der Waals surface area contributed by atoms with E-state index in [0.717, 1.165) is 29.2 Å². The molecule has 17 heavy (non-hydrogen) atoms. The molecule has 0 bridgehead atoms. The molecule has 0 aliphatic heterocycles. The van der Waals surface area contributed by atoms with Gasteiger partial charge in [0.05, 0.1) is 5.69 Å². The predicted octanol–water partition coefficient (Wildman–Crippen LogP) is 3.54. The first kappa shape index (κ1) is 11.9. The second kappa shape index (κ2) is 5.15. The van der Waals surface area contributed by atoms with Gasteiger partial charge in [-0.05, 0) is 26.0 Å². The van der Waals surface area contributed by atoms with Gasteiger partial charge < -0.3 is 5.32 Å². The van der Waals surface area contributed by atoms with Crippen molar-refractivity contribution in [2.45, 2.75) is 13.8 Å². The van der Waals surface area contributed by atoms with E-state index in [-0.39, 0.29) is 0 Å². The number of anilines is 1. The number of benzene rings is 1. The van der Waals surface area contributed by atoms with Crippen LogP contribution in [-0.2, 0) is 0 Å². The van der Waals surface area contributed by atoms with Crippen LogP contribution in [0.3, 0.4) is 0 Å². The number of hydrogen-bond donors (Lipinski definition) is 1. The maximum absolute atomic E-state index is 5.99. The molecule has 2 aromatic rings. The molecule has 1 N–H and O–H groups in total. The smallest absolute Gasteiger partial charge is 0.132 e. The minimum atomic E-state index is 0.713.